The van der Waals surface area contributed by atoms with Crippen LogP contribution in [0.5, 0.6) is 0 Å². The zero-order valence-corrected chi connectivity index (χ0v) is 15.7. The van der Waals surface area contributed by atoms with E-state index in [1.807, 2.05) is 0 Å². The Labute approximate surface area is 144 Å². The first kappa shape index (κ1) is 20.1. The van der Waals surface area contributed by atoms with Crippen molar-refractivity contribution in [3.05, 3.63) is 0 Å². The Morgan fingerprint density at radius 2 is 1.36 bits per heavy atom. The molecule has 0 aliphatic heterocycles. The van der Waals surface area contributed by atoms with Crippen LogP contribution in [0.15, 0.2) is 0 Å². The van der Waals surface area contributed by atoms with E-state index in [0.717, 1.165) is 12.8 Å². The molecule has 0 N–H and O–H groups in total. The Bertz CT molecular complexity index is 271. The smallest absolute Gasteiger partial charge is 0.145 e. The topological polar surface area (TPSA) is 17.1 Å². The standard InChI is InChI=1S/C20H38OS/c1-2-3-4-5-6-7-8-9-10-14-17-19(21)20(22)18-15-12-11-13-16-18/h18,20,22H,2-17H2,1H3. The highest BCUT2D eigenvalue weighted by molar-refractivity contribution is 7.81. The molecule has 1 aliphatic carbocycles. The lowest BCUT2D eigenvalue weighted by Gasteiger charge is -2.26. The monoisotopic (exact) mass is 326 g/mol. The minimum Gasteiger partial charge on any atom is -0.298 e. The lowest BCUT2D eigenvalue weighted by atomic mass is 9.84. The molecule has 0 saturated heterocycles. The number of rotatable bonds is 13. The summed E-state index contributed by atoms with van der Waals surface area (Å²) < 4.78 is 0. The number of carbonyl (C=O) groups excluding carboxylic acids is 1. The molecular weight excluding hydrogens is 288 g/mol. The summed E-state index contributed by atoms with van der Waals surface area (Å²) in [5.41, 5.74) is 0. The summed E-state index contributed by atoms with van der Waals surface area (Å²) in [7, 11) is 0. The van der Waals surface area contributed by atoms with E-state index in [-0.39, 0.29) is 5.25 Å². The van der Waals surface area contributed by atoms with Gasteiger partial charge in [0, 0.05) is 6.42 Å². The van der Waals surface area contributed by atoms with E-state index in [2.05, 4.69) is 19.6 Å². The zero-order chi connectivity index (χ0) is 16.0. The van der Waals surface area contributed by atoms with Gasteiger partial charge in [0.25, 0.3) is 0 Å². The van der Waals surface area contributed by atoms with Gasteiger partial charge in [0.05, 0.1) is 5.25 Å². The van der Waals surface area contributed by atoms with Crippen molar-refractivity contribution in [2.45, 2.75) is 115 Å². The Morgan fingerprint density at radius 3 is 1.91 bits per heavy atom. The average Bonchev–Trinajstić information content (AvgIpc) is 2.56. The number of hydrogen-bond donors (Lipinski definition) is 1. The molecule has 1 aliphatic rings. The first-order chi connectivity index (χ1) is 10.8. The quantitative estimate of drug-likeness (QED) is 0.293. The number of ketones is 1. The second kappa shape index (κ2) is 13.5. The average molecular weight is 327 g/mol. The van der Waals surface area contributed by atoms with E-state index >= 15 is 0 Å². The molecule has 22 heavy (non-hydrogen) atoms. The van der Waals surface area contributed by atoms with Crippen LogP contribution in [0.3, 0.4) is 0 Å². The summed E-state index contributed by atoms with van der Waals surface area (Å²) in [6, 6.07) is 0. The van der Waals surface area contributed by atoms with Crippen molar-refractivity contribution in [2.24, 2.45) is 5.92 Å². The van der Waals surface area contributed by atoms with Crippen LogP contribution < -0.4 is 0 Å². The molecule has 0 aromatic carbocycles. The van der Waals surface area contributed by atoms with Gasteiger partial charge < -0.3 is 0 Å². The van der Waals surface area contributed by atoms with Crippen molar-refractivity contribution < 1.29 is 4.79 Å². The maximum atomic E-state index is 12.2. The second-order valence-corrected chi connectivity index (χ2v) is 7.80. The minimum atomic E-state index is 0.0267. The van der Waals surface area contributed by atoms with Crippen molar-refractivity contribution in [2.75, 3.05) is 0 Å². The third kappa shape index (κ3) is 9.22. The van der Waals surface area contributed by atoms with Crippen LogP contribution in [0, 0.1) is 5.92 Å². The van der Waals surface area contributed by atoms with E-state index < -0.39 is 0 Å². The molecule has 0 bridgehead atoms. The SMILES string of the molecule is CCCCCCCCCCCCC(=O)C(S)C1CCCCC1. The predicted molar refractivity (Wildman–Crippen MR) is 101 cm³/mol. The highest BCUT2D eigenvalue weighted by atomic mass is 32.1. The number of thiol groups is 1. The van der Waals surface area contributed by atoms with Crippen molar-refractivity contribution in [1.82, 2.24) is 0 Å². The molecule has 1 nitrogen and oxygen atoms in total. The first-order valence-corrected chi connectivity index (χ1v) is 10.5. The van der Waals surface area contributed by atoms with Gasteiger partial charge in [0.2, 0.25) is 0 Å². The molecule has 1 fully saturated rings. The fourth-order valence-electron chi connectivity index (χ4n) is 3.65. The molecule has 1 saturated carbocycles. The minimum absolute atomic E-state index is 0.0267. The van der Waals surface area contributed by atoms with Crippen LogP contribution in [0.4, 0.5) is 0 Å². The van der Waals surface area contributed by atoms with Crippen LogP contribution in [0.25, 0.3) is 0 Å². The molecule has 0 heterocycles. The Balaban J connectivity index is 1.92. The zero-order valence-electron chi connectivity index (χ0n) is 14.8. The lowest BCUT2D eigenvalue weighted by Crippen LogP contribution is -2.26. The number of unbranched alkanes of at least 4 members (excludes halogenated alkanes) is 9. The van der Waals surface area contributed by atoms with Gasteiger partial charge in [-0.15, -0.1) is 0 Å². The van der Waals surface area contributed by atoms with Gasteiger partial charge in [-0.3, -0.25) is 4.79 Å². The molecule has 0 aromatic heterocycles. The Hall–Kier alpha value is 0.0200. The summed E-state index contributed by atoms with van der Waals surface area (Å²) in [4.78, 5) is 12.2. The van der Waals surface area contributed by atoms with Crippen molar-refractivity contribution >= 4 is 18.4 Å². The third-order valence-corrected chi connectivity index (χ3v) is 5.91. The fraction of sp³-hybridized carbons (Fsp3) is 0.950. The molecule has 0 aromatic rings. The summed E-state index contributed by atoms with van der Waals surface area (Å²) in [6.45, 7) is 2.27. The fourth-order valence-corrected chi connectivity index (χ4v) is 4.07. The van der Waals surface area contributed by atoms with Crippen molar-refractivity contribution in [3.8, 4) is 0 Å². The molecule has 0 spiro atoms. The molecule has 1 unspecified atom stereocenters. The largest absolute Gasteiger partial charge is 0.298 e. The van der Waals surface area contributed by atoms with E-state index in [4.69, 9.17) is 0 Å². The van der Waals surface area contributed by atoms with Crippen LogP contribution in [0.2, 0.25) is 0 Å². The van der Waals surface area contributed by atoms with Crippen LogP contribution >= 0.6 is 12.6 Å². The lowest BCUT2D eigenvalue weighted by molar-refractivity contribution is -0.119. The number of carbonyl (C=O) groups is 1. The molecule has 130 valence electrons. The predicted octanol–water partition coefficient (Wildman–Crippen LogP) is 6.75. The van der Waals surface area contributed by atoms with Gasteiger partial charge in [0.1, 0.15) is 5.78 Å². The third-order valence-electron chi connectivity index (χ3n) is 5.20. The van der Waals surface area contributed by atoms with Crippen LogP contribution in [0.1, 0.15) is 110 Å². The normalized spacial score (nSPS) is 17.5. The molecule has 1 rings (SSSR count). The summed E-state index contributed by atoms with van der Waals surface area (Å²) >= 11 is 4.62. The van der Waals surface area contributed by atoms with Crippen LogP contribution in [-0.2, 0) is 4.79 Å². The van der Waals surface area contributed by atoms with E-state index in [1.165, 1.54) is 89.9 Å². The Morgan fingerprint density at radius 1 is 0.864 bits per heavy atom. The van der Waals surface area contributed by atoms with Gasteiger partial charge in [0.15, 0.2) is 0 Å². The Kier molecular flexibility index (Phi) is 12.3. The highest BCUT2D eigenvalue weighted by Gasteiger charge is 2.25. The van der Waals surface area contributed by atoms with Crippen molar-refractivity contribution in [3.63, 3.8) is 0 Å². The maximum absolute atomic E-state index is 12.2. The van der Waals surface area contributed by atoms with Gasteiger partial charge in [-0.2, -0.15) is 12.6 Å². The van der Waals surface area contributed by atoms with E-state index in [9.17, 15) is 4.79 Å². The highest BCUT2D eigenvalue weighted by Crippen LogP contribution is 2.30. The van der Waals surface area contributed by atoms with E-state index in [0.29, 0.717) is 11.7 Å². The van der Waals surface area contributed by atoms with Gasteiger partial charge >= 0.3 is 0 Å². The number of hydrogen-bond acceptors (Lipinski definition) is 2. The van der Waals surface area contributed by atoms with Crippen molar-refractivity contribution in [1.29, 1.82) is 0 Å². The van der Waals surface area contributed by atoms with Gasteiger partial charge in [-0.25, -0.2) is 0 Å². The van der Waals surface area contributed by atoms with Gasteiger partial charge in [-0.1, -0.05) is 84.0 Å². The second-order valence-electron chi connectivity index (χ2n) is 7.24. The summed E-state index contributed by atoms with van der Waals surface area (Å²) in [5, 5.41) is 0.0267. The summed E-state index contributed by atoms with van der Waals surface area (Å²) in [5.74, 6) is 0.975. The molecule has 0 amide bonds. The molecular formula is C20H38OS. The van der Waals surface area contributed by atoms with Gasteiger partial charge in [-0.05, 0) is 25.2 Å². The molecule has 1 atom stereocenters. The summed E-state index contributed by atoms with van der Waals surface area (Å²) in [6.07, 6.45) is 20.5. The van der Waals surface area contributed by atoms with Crippen LogP contribution in [-0.4, -0.2) is 11.0 Å². The first-order valence-electron chi connectivity index (χ1n) is 9.96. The van der Waals surface area contributed by atoms with E-state index in [1.54, 1.807) is 0 Å². The molecule has 2 heteroatoms. The number of Topliss-reactive ketones (excluding diaryl/α,β-unsaturated/α-hetero) is 1. The maximum Gasteiger partial charge on any atom is 0.145 e. The molecule has 0 radical (unpaired) electrons.